The Hall–Kier alpha value is -1.27. The standard InChI is InChI=1S/C14H20N4OS/c1-10-16-12(9-20-10)8-13-17-14(19-18-13)6-5-11-4-2-3-7-15-11/h9,11,15H,2-8H2,1H3. The van der Waals surface area contributed by atoms with Crippen LogP contribution in [0.1, 0.15) is 48.1 Å². The summed E-state index contributed by atoms with van der Waals surface area (Å²) in [7, 11) is 0. The molecule has 1 saturated heterocycles. The highest BCUT2D eigenvalue weighted by atomic mass is 32.1. The van der Waals surface area contributed by atoms with Gasteiger partial charge in [-0.05, 0) is 32.7 Å². The number of thiazole rings is 1. The zero-order valence-electron chi connectivity index (χ0n) is 11.8. The van der Waals surface area contributed by atoms with E-state index in [1.54, 1.807) is 11.3 Å². The number of hydrogen-bond donors (Lipinski definition) is 1. The fourth-order valence-corrected chi connectivity index (χ4v) is 3.20. The van der Waals surface area contributed by atoms with E-state index in [0.29, 0.717) is 12.5 Å². The Kier molecular flexibility index (Phi) is 4.42. The summed E-state index contributed by atoms with van der Waals surface area (Å²) < 4.78 is 5.32. The summed E-state index contributed by atoms with van der Waals surface area (Å²) in [5.74, 6) is 1.49. The molecule has 0 aliphatic carbocycles. The van der Waals surface area contributed by atoms with Crippen molar-refractivity contribution >= 4 is 11.3 Å². The van der Waals surface area contributed by atoms with Crippen molar-refractivity contribution in [1.29, 1.82) is 0 Å². The van der Waals surface area contributed by atoms with Gasteiger partial charge in [-0.25, -0.2) is 4.98 Å². The van der Waals surface area contributed by atoms with E-state index in [1.165, 1.54) is 19.3 Å². The topological polar surface area (TPSA) is 63.8 Å². The second-order valence-corrected chi connectivity index (χ2v) is 6.39. The summed E-state index contributed by atoms with van der Waals surface area (Å²) in [6.07, 6.45) is 6.50. The fourth-order valence-electron chi connectivity index (χ4n) is 2.58. The highest BCUT2D eigenvalue weighted by molar-refractivity contribution is 7.09. The van der Waals surface area contributed by atoms with Crippen molar-refractivity contribution in [3.05, 3.63) is 27.8 Å². The third-order valence-corrected chi connectivity index (χ3v) is 4.46. The van der Waals surface area contributed by atoms with Crippen LogP contribution >= 0.6 is 11.3 Å². The molecule has 1 atom stereocenters. The van der Waals surface area contributed by atoms with Crippen molar-refractivity contribution in [1.82, 2.24) is 20.4 Å². The van der Waals surface area contributed by atoms with E-state index in [9.17, 15) is 0 Å². The third-order valence-electron chi connectivity index (χ3n) is 3.63. The van der Waals surface area contributed by atoms with Gasteiger partial charge in [-0.1, -0.05) is 11.6 Å². The van der Waals surface area contributed by atoms with Crippen LogP contribution in [0.3, 0.4) is 0 Å². The van der Waals surface area contributed by atoms with Crippen LogP contribution in [0.5, 0.6) is 0 Å². The van der Waals surface area contributed by atoms with Crippen molar-refractivity contribution in [2.45, 2.75) is 51.5 Å². The molecular formula is C14H20N4OS. The lowest BCUT2D eigenvalue weighted by atomic mass is 10.0. The van der Waals surface area contributed by atoms with Gasteiger partial charge in [-0.15, -0.1) is 11.3 Å². The van der Waals surface area contributed by atoms with Gasteiger partial charge in [0.05, 0.1) is 17.1 Å². The van der Waals surface area contributed by atoms with Crippen LogP contribution in [0.4, 0.5) is 0 Å². The lowest BCUT2D eigenvalue weighted by molar-refractivity contribution is 0.341. The predicted molar refractivity (Wildman–Crippen MR) is 77.9 cm³/mol. The first-order valence-electron chi connectivity index (χ1n) is 7.25. The number of nitrogens with zero attached hydrogens (tertiary/aromatic N) is 3. The summed E-state index contributed by atoms with van der Waals surface area (Å²) in [6, 6.07) is 0.611. The summed E-state index contributed by atoms with van der Waals surface area (Å²) in [5, 5.41) is 10.7. The molecule has 0 saturated carbocycles. The summed E-state index contributed by atoms with van der Waals surface area (Å²) in [5.41, 5.74) is 1.02. The SMILES string of the molecule is Cc1nc(Cc2noc(CCC3CCCCN3)n2)cs1. The van der Waals surface area contributed by atoms with E-state index in [1.807, 2.05) is 6.92 Å². The first kappa shape index (κ1) is 13.7. The quantitative estimate of drug-likeness (QED) is 0.917. The molecule has 0 amide bonds. The van der Waals surface area contributed by atoms with Crippen LogP contribution in [0.2, 0.25) is 0 Å². The third kappa shape index (κ3) is 3.64. The smallest absolute Gasteiger partial charge is 0.226 e. The Bertz CT molecular complexity index is 545. The molecule has 2 aromatic heterocycles. The summed E-state index contributed by atoms with van der Waals surface area (Å²) >= 11 is 1.65. The van der Waals surface area contributed by atoms with Crippen molar-refractivity contribution in [3.63, 3.8) is 0 Å². The molecule has 1 N–H and O–H groups in total. The van der Waals surface area contributed by atoms with Crippen LogP contribution in [-0.2, 0) is 12.8 Å². The van der Waals surface area contributed by atoms with E-state index in [0.717, 1.165) is 41.8 Å². The molecule has 3 rings (SSSR count). The van der Waals surface area contributed by atoms with Gasteiger partial charge in [-0.3, -0.25) is 0 Å². The van der Waals surface area contributed by atoms with Crippen molar-refractivity contribution in [3.8, 4) is 0 Å². The fraction of sp³-hybridized carbons (Fsp3) is 0.643. The Morgan fingerprint density at radius 1 is 1.40 bits per heavy atom. The normalized spacial score (nSPS) is 19.4. The molecule has 5 nitrogen and oxygen atoms in total. The van der Waals surface area contributed by atoms with E-state index in [4.69, 9.17) is 4.52 Å². The van der Waals surface area contributed by atoms with E-state index in [-0.39, 0.29) is 0 Å². The molecule has 0 aromatic carbocycles. The number of hydrogen-bond acceptors (Lipinski definition) is 6. The molecule has 1 fully saturated rings. The van der Waals surface area contributed by atoms with E-state index < -0.39 is 0 Å². The van der Waals surface area contributed by atoms with E-state index in [2.05, 4.69) is 25.8 Å². The van der Waals surface area contributed by atoms with Gasteiger partial charge in [0, 0.05) is 17.8 Å². The van der Waals surface area contributed by atoms with Crippen LogP contribution in [0, 0.1) is 6.92 Å². The highest BCUT2D eigenvalue weighted by Gasteiger charge is 2.15. The molecule has 1 aliphatic heterocycles. The maximum Gasteiger partial charge on any atom is 0.226 e. The summed E-state index contributed by atoms with van der Waals surface area (Å²) in [4.78, 5) is 8.88. The van der Waals surface area contributed by atoms with Gasteiger partial charge in [0.1, 0.15) is 0 Å². The molecule has 1 aliphatic rings. The molecule has 0 radical (unpaired) electrons. The Morgan fingerprint density at radius 3 is 3.10 bits per heavy atom. The summed E-state index contributed by atoms with van der Waals surface area (Å²) in [6.45, 7) is 3.15. The molecule has 1 unspecified atom stereocenters. The second kappa shape index (κ2) is 6.45. The van der Waals surface area contributed by atoms with E-state index >= 15 is 0 Å². The molecule has 0 spiro atoms. The zero-order chi connectivity index (χ0) is 13.8. The van der Waals surface area contributed by atoms with Gasteiger partial charge >= 0.3 is 0 Å². The average Bonchev–Trinajstić information content (AvgIpc) is 3.08. The minimum absolute atomic E-state index is 0.611. The van der Waals surface area contributed by atoms with Crippen LogP contribution in [-0.4, -0.2) is 27.7 Å². The first-order chi connectivity index (χ1) is 9.79. The monoisotopic (exact) mass is 292 g/mol. The van der Waals surface area contributed by atoms with Crippen molar-refractivity contribution in [2.75, 3.05) is 6.54 Å². The molecule has 3 heterocycles. The van der Waals surface area contributed by atoms with Crippen LogP contribution in [0.15, 0.2) is 9.90 Å². The Morgan fingerprint density at radius 2 is 2.35 bits per heavy atom. The maximum atomic E-state index is 5.32. The number of piperidine rings is 1. The Labute approximate surface area is 122 Å². The lowest BCUT2D eigenvalue weighted by Gasteiger charge is -2.22. The largest absolute Gasteiger partial charge is 0.339 e. The van der Waals surface area contributed by atoms with Gasteiger partial charge in [-0.2, -0.15) is 4.98 Å². The van der Waals surface area contributed by atoms with Gasteiger partial charge in [0.15, 0.2) is 5.82 Å². The van der Waals surface area contributed by atoms with Crippen molar-refractivity contribution < 1.29 is 4.52 Å². The molecular weight excluding hydrogens is 272 g/mol. The zero-order valence-corrected chi connectivity index (χ0v) is 12.6. The van der Waals surface area contributed by atoms with Crippen molar-refractivity contribution in [2.24, 2.45) is 0 Å². The maximum absolute atomic E-state index is 5.32. The number of rotatable bonds is 5. The molecule has 20 heavy (non-hydrogen) atoms. The number of aromatic nitrogens is 3. The van der Waals surface area contributed by atoms with Gasteiger partial charge in [0.2, 0.25) is 5.89 Å². The predicted octanol–water partition coefficient (Wildman–Crippen LogP) is 2.50. The van der Waals surface area contributed by atoms with Crippen LogP contribution < -0.4 is 5.32 Å². The Balaban J connectivity index is 1.51. The second-order valence-electron chi connectivity index (χ2n) is 5.32. The van der Waals surface area contributed by atoms with Crippen LogP contribution in [0.25, 0.3) is 0 Å². The average molecular weight is 292 g/mol. The number of nitrogens with one attached hydrogen (secondary N) is 1. The molecule has 0 bridgehead atoms. The molecule has 108 valence electrons. The minimum Gasteiger partial charge on any atom is -0.339 e. The molecule has 6 heteroatoms. The first-order valence-corrected chi connectivity index (χ1v) is 8.13. The highest BCUT2D eigenvalue weighted by Crippen LogP contribution is 2.14. The minimum atomic E-state index is 0.611. The number of aryl methyl sites for hydroxylation is 2. The van der Waals surface area contributed by atoms with Gasteiger partial charge in [0.25, 0.3) is 0 Å². The van der Waals surface area contributed by atoms with Gasteiger partial charge < -0.3 is 9.84 Å². The molecule has 2 aromatic rings. The lowest BCUT2D eigenvalue weighted by Crippen LogP contribution is -2.34.